The van der Waals surface area contributed by atoms with Crippen LogP contribution in [0.3, 0.4) is 0 Å². The summed E-state index contributed by atoms with van der Waals surface area (Å²) in [5.74, 6) is -0.232. The molecule has 3 atom stereocenters. The van der Waals surface area contributed by atoms with Crippen LogP contribution in [-0.4, -0.2) is 22.8 Å². The highest BCUT2D eigenvalue weighted by atomic mass is 16.6. The number of carbonyl (C=O) groups excluding carboxylic acids is 2. The zero-order valence-corrected chi connectivity index (χ0v) is 15.6. The molecule has 0 aromatic heterocycles. The predicted molar refractivity (Wildman–Crippen MR) is 100 cm³/mol. The van der Waals surface area contributed by atoms with Crippen molar-refractivity contribution >= 4 is 17.4 Å². The van der Waals surface area contributed by atoms with Gasteiger partial charge in [0, 0.05) is 24.0 Å². The van der Waals surface area contributed by atoms with Crippen molar-refractivity contribution in [3.63, 3.8) is 0 Å². The highest BCUT2D eigenvalue weighted by molar-refractivity contribution is 5.92. The molecular weight excluding hydrogens is 346 g/mol. The summed E-state index contributed by atoms with van der Waals surface area (Å²) in [6.45, 7) is 8.04. The molecular formula is C21H23NO5. The number of allylic oxidation sites excluding steroid dienone is 2. The van der Waals surface area contributed by atoms with Crippen LogP contribution < -0.4 is 0 Å². The van der Waals surface area contributed by atoms with E-state index in [2.05, 4.69) is 6.58 Å². The van der Waals surface area contributed by atoms with Crippen LogP contribution in [0.5, 0.6) is 0 Å². The fourth-order valence-corrected chi connectivity index (χ4v) is 3.97. The topological polar surface area (TPSA) is 86.5 Å². The maximum Gasteiger partial charge on any atom is 0.338 e. The summed E-state index contributed by atoms with van der Waals surface area (Å²) in [5.41, 5.74) is 1.87. The first-order chi connectivity index (χ1) is 12.7. The van der Waals surface area contributed by atoms with Crippen LogP contribution in [0.2, 0.25) is 0 Å². The van der Waals surface area contributed by atoms with Gasteiger partial charge in [-0.2, -0.15) is 0 Å². The van der Waals surface area contributed by atoms with Crippen LogP contribution in [0.1, 0.15) is 49.9 Å². The Labute approximate surface area is 158 Å². The number of esters is 1. The Bertz CT molecular complexity index is 839. The molecule has 0 radical (unpaired) electrons. The van der Waals surface area contributed by atoms with Crippen molar-refractivity contribution in [3.05, 3.63) is 63.7 Å². The van der Waals surface area contributed by atoms with E-state index < -0.39 is 10.9 Å². The maximum absolute atomic E-state index is 12.7. The molecule has 0 heterocycles. The molecule has 27 heavy (non-hydrogen) atoms. The molecule has 1 unspecified atom stereocenters. The average molecular weight is 369 g/mol. The van der Waals surface area contributed by atoms with Gasteiger partial charge in [-0.05, 0) is 50.3 Å². The van der Waals surface area contributed by atoms with Crippen LogP contribution in [0.25, 0.3) is 0 Å². The van der Waals surface area contributed by atoms with Gasteiger partial charge in [-0.15, -0.1) is 0 Å². The summed E-state index contributed by atoms with van der Waals surface area (Å²) in [6, 6.07) is 5.40. The molecule has 0 bridgehead atoms. The summed E-state index contributed by atoms with van der Waals surface area (Å²) in [6.07, 6.45) is 3.88. The van der Waals surface area contributed by atoms with Gasteiger partial charge in [0.1, 0.15) is 6.10 Å². The first kappa shape index (κ1) is 19.0. The van der Waals surface area contributed by atoms with Crippen LogP contribution >= 0.6 is 0 Å². The molecule has 0 saturated heterocycles. The van der Waals surface area contributed by atoms with Gasteiger partial charge >= 0.3 is 5.97 Å². The first-order valence-electron chi connectivity index (χ1n) is 9.05. The second-order valence-electron chi connectivity index (χ2n) is 7.73. The Hall–Kier alpha value is -2.76. The van der Waals surface area contributed by atoms with Crippen LogP contribution in [0.4, 0.5) is 5.69 Å². The van der Waals surface area contributed by atoms with Gasteiger partial charge in [0.25, 0.3) is 5.69 Å². The fraction of sp³-hybridized carbons (Fsp3) is 0.429. The molecule has 1 saturated carbocycles. The van der Waals surface area contributed by atoms with Crippen molar-refractivity contribution in [1.82, 2.24) is 0 Å². The van der Waals surface area contributed by atoms with Crippen molar-refractivity contribution in [2.45, 2.75) is 45.6 Å². The lowest BCUT2D eigenvalue weighted by molar-refractivity contribution is -0.384. The number of nitrogens with zero attached hydrogens (tertiary/aromatic N) is 1. The molecule has 2 aliphatic rings. The largest absolute Gasteiger partial charge is 0.458 e. The quantitative estimate of drug-likeness (QED) is 0.340. The number of ether oxygens (including phenoxy) is 1. The Morgan fingerprint density at radius 1 is 1.33 bits per heavy atom. The van der Waals surface area contributed by atoms with Gasteiger partial charge in [0.05, 0.1) is 10.5 Å². The lowest BCUT2D eigenvalue weighted by atomic mass is 9.60. The normalized spacial score (nSPS) is 27.3. The molecule has 6 heteroatoms. The van der Waals surface area contributed by atoms with E-state index in [0.29, 0.717) is 19.3 Å². The zero-order valence-electron chi connectivity index (χ0n) is 15.6. The third-order valence-electron chi connectivity index (χ3n) is 5.90. The number of non-ortho nitro benzene ring substituents is 1. The number of ketones is 1. The Morgan fingerprint density at radius 2 is 2.00 bits per heavy atom. The van der Waals surface area contributed by atoms with Crippen molar-refractivity contribution in [2.24, 2.45) is 11.3 Å². The molecule has 6 nitrogen and oxygen atoms in total. The molecule has 2 aliphatic carbocycles. The molecule has 3 rings (SSSR count). The molecule has 0 spiro atoms. The van der Waals surface area contributed by atoms with Crippen LogP contribution in [0.15, 0.2) is 48.1 Å². The van der Waals surface area contributed by atoms with Crippen LogP contribution in [-0.2, 0) is 9.53 Å². The predicted octanol–water partition coefficient (Wildman–Crippen LogP) is 4.40. The van der Waals surface area contributed by atoms with Crippen molar-refractivity contribution in [1.29, 1.82) is 0 Å². The summed E-state index contributed by atoms with van der Waals surface area (Å²) in [4.78, 5) is 34.8. The van der Waals surface area contributed by atoms with Crippen molar-refractivity contribution in [3.8, 4) is 0 Å². The molecule has 1 aromatic carbocycles. The van der Waals surface area contributed by atoms with E-state index in [0.717, 1.165) is 17.6 Å². The second kappa shape index (κ2) is 7.10. The van der Waals surface area contributed by atoms with Crippen molar-refractivity contribution in [2.75, 3.05) is 0 Å². The van der Waals surface area contributed by atoms with Crippen molar-refractivity contribution < 1.29 is 19.2 Å². The molecule has 142 valence electrons. The minimum Gasteiger partial charge on any atom is -0.458 e. The first-order valence-corrected chi connectivity index (χ1v) is 9.05. The zero-order chi connectivity index (χ0) is 19.8. The van der Waals surface area contributed by atoms with E-state index in [1.807, 2.05) is 13.8 Å². The molecule has 1 fully saturated rings. The second-order valence-corrected chi connectivity index (χ2v) is 7.73. The lowest BCUT2D eigenvalue weighted by Crippen LogP contribution is -2.45. The Morgan fingerprint density at radius 3 is 2.59 bits per heavy atom. The van der Waals surface area contributed by atoms with E-state index >= 15 is 0 Å². The molecule has 1 aromatic rings. The van der Waals surface area contributed by atoms with Gasteiger partial charge in [-0.3, -0.25) is 14.9 Å². The summed E-state index contributed by atoms with van der Waals surface area (Å²) < 4.78 is 5.86. The Kier molecular flexibility index (Phi) is 5.00. The van der Waals surface area contributed by atoms with E-state index in [1.165, 1.54) is 24.3 Å². The number of carbonyl (C=O) groups is 2. The average Bonchev–Trinajstić information content (AvgIpc) is 2.62. The van der Waals surface area contributed by atoms with Gasteiger partial charge in [0.15, 0.2) is 5.78 Å². The Balaban J connectivity index is 1.85. The van der Waals surface area contributed by atoms with Crippen LogP contribution in [0, 0.1) is 21.4 Å². The maximum atomic E-state index is 12.7. The SMILES string of the molecule is C=C(C)[C@H]1CC2=CC(=O)CC[C@]2(C)C(OC(=O)c2ccc([N+](=O)[O-])cc2)C1. The standard InChI is InChI=1S/C21H23NO5/c1-13(2)15-10-16-12-18(23)8-9-21(16,3)19(11-15)27-20(24)14-4-6-17(7-5-14)22(25)26/h4-7,12,15,19H,1,8-11H2,2-3H3/t15-,19?,21-/m0/s1. The van der Waals surface area contributed by atoms with Gasteiger partial charge in [-0.25, -0.2) is 4.79 Å². The lowest BCUT2D eigenvalue weighted by Gasteiger charge is -2.47. The number of hydrogen-bond acceptors (Lipinski definition) is 5. The summed E-state index contributed by atoms with van der Waals surface area (Å²) >= 11 is 0. The third-order valence-corrected chi connectivity index (χ3v) is 5.90. The fourth-order valence-electron chi connectivity index (χ4n) is 3.97. The highest BCUT2D eigenvalue weighted by Crippen LogP contribution is 2.51. The van der Waals surface area contributed by atoms with Gasteiger partial charge < -0.3 is 4.74 Å². The summed E-state index contributed by atoms with van der Waals surface area (Å²) in [7, 11) is 0. The van der Waals surface area contributed by atoms with Gasteiger partial charge in [-0.1, -0.05) is 24.6 Å². The number of benzene rings is 1. The minimum absolute atomic E-state index is 0.0745. The van der Waals surface area contributed by atoms with Gasteiger partial charge in [0.2, 0.25) is 0 Å². The smallest absolute Gasteiger partial charge is 0.338 e. The van der Waals surface area contributed by atoms with E-state index in [-0.39, 0.29) is 34.5 Å². The number of hydrogen-bond donors (Lipinski definition) is 0. The highest BCUT2D eigenvalue weighted by Gasteiger charge is 2.47. The minimum atomic E-state index is -0.509. The molecule has 0 N–H and O–H groups in total. The number of rotatable bonds is 4. The summed E-state index contributed by atoms with van der Waals surface area (Å²) in [5, 5.41) is 10.8. The number of nitro groups is 1. The molecule has 0 aliphatic heterocycles. The third kappa shape index (κ3) is 3.70. The van der Waals surface area contributed by atoms with E-state index in [1.54, 1.807) is 6.08 Å². The van der Waals surface area contributed by atoms with E-state index in [4.69, 9.17) is 4.74 Å². The monoisotopic (exact) mass is 369 g/mol. The number of fused-ring (bicyclic) bond motifs is 1. The van der Waals surface area contributed by atoms with E-state index in [9.17, 15) is 19.7 Å². The molecule has 0 amide bonds. The number of nitro benzene ring substituents is 1.